The quantitative estimate of drug-likeness (QED) is 0.175. The molecule has 0 spiro atoms. The van der Waals surface area contributed by atoms with Crippen LogP contribution in [0.4, 0.5) is 0 Å². The Morgan fingerprint density at radius 1 is 1.14 bits per heavy atom. The first-order valence-corrected chi connectivity index (χ1v) is 11.9. The van der Waals surface area contributed by atoms with E-state index in [1.807, 2.05) is 13.8 Å². The van der Waals surface area contributed by atoms with Crippen LogP contribution in [0.3, 0.4) is 0 Å². The summed E-state index contributed by atoms with van der Waals surface area (Å²) in [5, 5.41) is 11.3. The molecular weight excluding hydrogens is 446 g/mol. The Kier molecular flexibility index (Phi) is 8.33. The van der Waals surface area contributed by atoms with E-state index in [0.29, 0.717) is 48.1 Å². The van der Waals surface area contributed by atoms with Crippen LogP contribution in [0.5, 0.6) is 11.5 Å². The van der Waals surface area contributed by atoms with Crippen molar-refractivity contribution in [3.63, 3.8) is 0 Å². The van der Waals surface area contributed by atoms with E-state index in [-0.39, 0.29) is 11.3 Å². The lowest BCUT2D eigenvalue weighted by atomic mass is 9.94. The zero-order valence-electron chi connectivity index (χ0n) is 21.0. The van der Waals surface area contributed by atoms with Gasteiger partial charge in [0.2, 0.25) is 0 Å². The fourth-order valence-corrected chi connectivity index (χ4v) is 4.07. The standard InChI is InChI=1S/C28H33NO6/c1-6-7-13-29-25(20-9-8-10-22(15-20)35-19(5)30)24(27(32)28(29)33)26(31)21-11-12-23(18(4)14-21)34-16-17(2)3/h8-12,14-15,17,25,31H,6-7,13,16H2,1-5H3/b26-24+. The molecule has 7 nitrogen and oxygen atoms in total. The van der Waals surface area contributed by atoms with Gasteiger partial charge in [0.25, 0.3) is 11.7 Å². The van der Waals surface area contributed by atoms with Crippen molar-refractivity contribution in [2.45, 2.75) is 53.5 Å². The van der Waals surface area contributed by atoms with Gasteiger partial charge in [0.05, 0.1) is 18.2 Å². The Balaban J connectivity index is 2.09. The topological polar surface area (TPSA) is 93.1 Å². The molecule has 1 heterocycles. The molecule has 1 aliphatic heterocycles. The second-order valence-electron chi connectivity index (χ2n) is 9.20. The number of likely N-dealkylation sites (tertiary alicyclic amines) is 1. The highest BCUT2D eigenvalue weighted by molar-refractivity contribution is 6.46. The zero-order chi connectivity index (χ0) is 25.7. The van der Waals surface area contributed by atoms with Crippen LogP contribution in [0.1, 0.15) is 63.3 Å². The van der Waals surface area contributed by atoms with Gasteiger partial charge in [-0.1, -0.05) is 39.3 Å². The van der Waals surface area contributed by atoms with E-state index in [1.54, 1.807) is 42.5 Å². The number of benzene rings is 2. The predicted molar refractivity (Wildman–Crippen MR) is 133 cm³/mol. The maximum atomic E-state index is 13.2. The highest BCUT2D eigenvalue weighted by atomic mass is 16.5. The Labute approximate surface area is 206 Å². The first-order chi connectivity index (χ1) is 16.6. The van der Waals surface area contributed by atoms with Crippen molar-refractivity contribution in [1.82, 2.24) is 4.90 Å². The summed E-state index contributed by atoms with van der Waals surface area (Å²) < 4.78 is 11.0. The van der Waals surface area contributed by atoms with Gasteiger partial charge in [0.15, 0.2) is 0 Å². The van der Waals surface area contributed by atoms with Gasteiger partial charge in [-0.15, -0.1) is 0 Å². The predicted octanol–water partition coefficient (Wildman–Crippen LogP) is 5.18. The van der Waals surface area contributed by atoms with Crippen LogP contribution in [-0.2, 0) is 14.4 Å². The number of ketones is 1. The number of aliphatic hydroxyl groups is 1. The number of aliphatic hydroxyl groups excluding tert-OH is 1. The molecule has 1 saturated heterocycles. The van der Waals surface area contributed by atoms with Crippen LogP contribution >= 0.6 is 0 Å². The minimum atomic E-state index is -0.797. The minimum Gasteiger partial charge on any atom is -0.507 e. The SMILES string of the molecule is CCCCN1C(=O)C(=O)/C(=C(/O)c2ccc(OCC(C)C)c(C)c2)C1c1cccc(OC(C)=O)c1. The third-order valence-electron chi connectivity index (χ3n) is 5.75. The van der Waals surface area contributed by atoms with Gasteiger partial charge in [-0.2, -0.15) is 0 Å². The first-order valence-electron chi connectivity index (χ1n) is 11.9. The molecule has 2 aromatic rings. The third-order valence-corrected chi connectivity index (χ3v) is 5.75. The molecule has 0 saturated carbocycles. The van der Waals surface area contributed by atoms with Gasteiger partial charge in [-0.25, -0.2) is 0 Å². The van der Waals surface area contributed by atoms with Crippen molar-refractivity contribution in [1.29, 1.82) is 0 Å². The fourth-order valence-electron chi connectivity index (χ4n) is 4.07. The Bertz CT molecular complexity index is 1150. The van der Waals surface area contributed by atoms with Crippen LogP contribution in [0.2, 0.25) is 0 Å². The van der Waals surface area contributed by atoms with Crippen LogP contribution < -0.4 is 9.47 Å². The Hall–Kier alpha value is -3.61. The first kappa shape index (κ1) is 26.0. The van der Waals surface area contributed by atoms with Gasteiger partial charge >= 0.3 is 5.97 Å². The maximum Gasteiger partial charge on any atom is 0.308 e. The largest absolute Gasteiger partial charge is 0.507 e. The minimum absolute atomic E-state index is 0.0151. The molecule has 1 amide bonds. The molecule has 0 bridgehead atoms. The highest BCUT2D eigenvalue weighted by Crippen LogP contribution is 2.40. The molecule has 1 unspecified atom stereocenters. The number of ether oxygens (including phenoxy) is 2. The van der Waals surface area contributed by atoms with Crippen molar-refractivity contribution in [2.24, 2.45) is 5.92 Å². The molecule has 7 heteroatoms. The van der Waals surface area contributed by atoms with E-state index in [4.69, 9.17) is 9.47 Å². The number of amides is 1. The lowest BCUT2D eigenvalue weighted by Gasteiger charge is -2.25. The van der Waals surface area contributed by atoms with Crippen LogP contribution in [0, 0.1) is 12.8 Å². The molecule has 1 fully saturated rings. The number of hydrogen-bond donors (Lipinski definition) is 1. The number of aryl methyl sites for hydroxylation is 1. The van der Waals surface area contributed by atoms with Gasteiger partial charge in [-0.05, 0) is 60.7 Å². The summed E-state index contributed by atoms with van der Waals surface area (Å²) >= 11 is 0. The van der Waals surface area contributed by atoms with Crippen LogP contribution in [-0.4, -0.2) is 40.8 Å². The monoisotopic (exact) mass is 479 g/mol. The number of nitrogens with zero attached hydrogens (tertiary/aromatic N) is 1. The van der Waals surface area contributed by atoms with E-state index in [9.17, 15) is 19.5 Å². The van der Waals surface area contributed by atoms with Gasteiger partial charge < -0.3 is 19.5 Å². The summed E-state index contributed by atoms with van der Waals surface area (Å²) in [4.78, 5) is 39.1. The summed E-state index contributed by atoms with van der Waals surface area (Å²) in [5.41, 5.74) is 1.83. The molecule has 1 aliphatic rings. The average Bonchev–Trinajstić information content (AvgIpc) is 3.06. The van der Waals surface area contributed by atoms with Crippen molar-refractivity contribution < 1.29 is 29.0 Å². The summed E-state index contributed by atoms with van der Waals surface area (Å²) in [6, 6.07) is 11.1. The zero-order valence-corrected chi connectivity index (χ0v) is 21.0. The lowest BCUT2D eigenvalue weighted by molar-refractivity contribution is -0.139. The number of carbonyl (C=O) groups excluding carboxylic acids is 3. The normalized spacial score (nSPS) is 17.2. The van der Waals surface area contributed by atoms with Crippen molar-refractivity contribution in [3.05, 3.63) is 64.7 Å². The maximum absolute atomic E-state index is 13.2. The van der Waals surface area contributed by atoms with E-state index in [2.05, 4.69) is 13.8 Å². The highest BCUT2D eigenvalue weighted by Gasteiger charge is 2.45. The van der Waals surface area contributed by atoms with Crippen molar-refractivity contribution in [2.75, 3.05) is 13.2 Å². The molecule has 0 radical (unpaired) electrons. The molecule has 1 N–H and O–H groups in total. The van der Waals surface area contributed by atoms with E-state index >= 15 is 0 Å². The molecule has 0 aromatic heterocycles. The fraction of sp³-hybridized carbons (Fsp3) is 0.393. The molecule has 0 aliphatic carbocycles. The smallest absolute Gasteiger partial charge is 0.308 e. The second kappa shape index (κ2) is 11.2. The summed E-state index contributed by atoms with van der Waals surface area (Å²) in [6.45, 7) is 10.2. The van der Waals surface area contributed by atoms with Crippen LogP contribution in [0.25, 0.3) is 5.76 Å². The van der Waals surface area contributed by atoms with Crippen LogP contribution in [0.15, 0.2) is 48.0 Å². The second-order valence-corrected chi connectivity index (χ2v) is 9.20. The molecule has 2 aromatic carbocycles. The molecule has 35 heavy (non-hydrogen) atoms. The molecular formula is C28H33NO6. The van der Waals surface area contributed by atoms with E-state index in [1.165, 1.54) is 11.8 Å². The third kappa shape index (κ3) is 5.91. The number of rotatable bonds is 9. The number of Topliss-reactive ketones (excluding diaryl/α,β-unsaturated/α-hetero) is 1. The Morgan fingerprint density at radius 2 is 1.89 bits per heavy atom. The summed E-state index contributed by atoms with van der Waals surface area (Å²) in [5.74, 6) is -0.746. The molecule has 3 rings (SSSR count). The van der Waals surface area contributed by atoms with E-state index in [0.717, 1.165) is 12.0 Å². The lowest BCUT2D eigenvalue weighted by Crippen LogP contribution is -2.30. The summed E-state index contributed by atoms with van der Waals surface area (Å²) in [6.07, 6.45) is 1.54. The van der Waals surface area contributed by atoms with Crippen molar-refractivity contribution in [3.8, 4) is 11.5 Å². The Morgan fingerprint density at radius 3 is 2.51 bits per heavy atom. The summed E-state index contributed by atoms with van der Waals surface area (Å²) in [7, 11) is 0. The molecule has 186 valence electrons. The average molecular weight is 480 g/mol. The number of carbonyl (C=O) groups is 3. The van der Waals surface area contributed by atoms with Gasteiger partial charge in [0, 0.05) is 19.0 Å². The van der Waals surface area contributed by atoms with Gasteiger partial charge in [0.1, 0.15) is 17.3 Å². The molecule has 1 atom stereocenters. The number of hydrogen-bond acceptors (Lipinski definition) is 6. The van der Waals surface area contributed by atoms with E-state index < -0.39 is 23.7 Å². The number of unbranched alkanes of at least 4 members (excludes halogenated alkanes) is 1. The number of esters is 1. The van der Waals surface area contributed by atoms with Gasteiger partial charge in [-0.3, -0.25) is 14.4 Å². The van der Waals surface area contributed by atoms with Crippen molar-refractivity contribution >= 4 is 23.4 Å².